The van der Waals surface area contributed by atoms with E-state index in [-0.39, 0.29) is 5.91 Å². The number of carbonyl (C=O) groups is 1. The number of thiazole rings is 1. The van der Waals surface area contributed by atoms with Crippen LogP contribution in [0.1, 0.15) is 15.5 Å². The van der Waals surface area contributed by atoms with E-state index in [2.05, 4.69) is 19.9 Å². The van der Waals surface area contributed by atoms with Crippen LogP contribution in [-0.4, -0.2) is 56.8 Å². The SMILES string of the molecule is O=C(c1cnccn1)N1C[C@H]2CN(Cc3nccs3)C[C@H]2C1. The zero-order valence-electron chi connectivity index (χ0n) is 12.1. The summed E-state index contributed by atoms with van der Waals surface area (Å²) in [6, 6.07) is 0. The minimum Gasteiger partial charge on any atom is -0.337 e. The first-order valence-corrected chi connectivity index (χ1v) is 8.33. The molecule has 6 nitrogen and oxygen atoms in total. The molecule has 2 atom stereocenters. The minimum atomic E-state index is 0.00831. The second-order valence-electron chi connectivity index (χ2n) is 5.94. The Morgan fingerprint density at radius 3 is 2.59 bits per heavy atom. The highest BCUT2D eigenvalue weighted by atomic mass is 32.1. The van der Waals surface area contributed by atoms with Crippen molar-refractivity contribution in [3.63, 3.8) is 0 Å². The molecule has 2 aliphatic heterocycles. The smallest absolute Gasteiger partial charge is 0.274 e. The fraction of sp³-hybridized carbons (Fsp3) is 0.467. The molecule has 0 aromatic carbocycles. The number of nitrogens with zero attached hydrogens (tertiary/aromatic N) is 5. The normalized spacial score (nSPS) is 24.6. The minimum absolute atomic E-state index is 0.00831. The van der Waals surface area contributed by atoms with Crippen LogP contribution < -0.4 is 0 Å². The number of carbonyl (C=O) groups excluding carboxylic acids is 1. The van der Waals surface area contributed by atoms with Crippen molar-refractivity contribution in [3.05, 3.63) is 40.9 Å². The highest BCUT2D eigenvalue weighted by Gasteiger charge is 2.41. The van der Waals surface area contributed by atoms with Crippen molar-refractivity contribution in [2.75, 3.05) is 26.2 Å². The third-order valence-corrected chi connectivity index (χ3v) is 5.24. The average molecular weight is 315 g/mol. The fourth-order valence-electron chi connectivity index (χ4n) is 3.48. The molecule has 2 aromatic heterocycles. The van der Waals surface area contributed by atoms with Gasteiger partial charge in [0.15, 0.2) is 0 Å². The maximum atomic E-state index is 12.4. The van der Waals surface area contributed by atoms with E-state index in [4.69, 9.17) is 0 Å². The van der Waals surface area contributed by atoms with Gasteiger partial charge in [0.25, 0.3) is 5.91 Å². The Hall–Kier alpha value is -1.86. The quantitative estimate of drug-likeness (QED) is 0.850. The number of fused-ring (bicyclic) bond motifs is 1. The van der Waals surface area contributed by atoms with Gasteiger partial charge in [0.05, 0.1) is 12.7 Å². The molecular formula is C15H17N5OS. The van der Waals surface area contributed by atoms with Gasteiger partial charge in [-0.25, -0.2) is 9.97 Å². The molecule has 1 amide bonds. The van der Waals surface area contributed by atoms with Gasteiger partial charge in [0.2, 0.25) is 0 Å². The molecule has 0 radical (unpaired) electrons. The van der Waals surface area contributed by atoms with E-state index in [9.17, 15) is 4.79 Å². The molecule has 2 saturated heterocycles. The molecule has 4 heterocycles. The zero-order valence-corrected chi connectivity index (χ0v) is 12.9. The van der Waals surface area contributed by atoms with Crippen molar-refractivity contribution >= 4 is 17.2 Å². The molecule has 0 aliphatic carbocycles. The van der Waals surface area contributed by atoms with Crippen molar-refractivity contribution in [1.29, 1.82) is 0 Å². The molecule has 7 heteroatoms. The van der Waals surface area contributed by atoms with Crippen LogP contribution in [0, 0.1) is 11.8 Å². The molecule has 0 unspecified atom stereocenters. The topological polar surface area (TPSA) is 62.2 Å². The summed E-state index contributed by atoms with van der Waals surface area (Å²) in [5, 5.41) is 3.19. The number of hydrogen-bond acceptors (Lipinski definition) is 6. The Kier molecular flexibility index (Phi) is 3.59. The van der Waals surface area contributed by atoms with E-state index in [0.29, 0.717) is 17.5 Å². The predicted octanol–water partition coefficient (Wildman–Crippen LogP) is 1.14. The van der Waals surface area contributed by atoms with E-state index in [0.717, 1.165) is 32.7 Å². The van der Waals surface area contributed by atoms with Gasteiger partial charge in [-0.1, -0.05) is 0 Å². The number of rotatable bonds is 3. The van der Waals surface area contributed by atoms with Crippen molar-refractivity contribution in [1.82, 2.24) is 24.8 Å². The van der Waals surface area contributed by atoms with Crippen molar-refractivity contribution in [3.8, 4) is 0 Å². The van der Waals surface area contributed by atoms with E-state index in [1.165, 1.54) is 5.01 Å². The lowest BCUT2D eigenvalue weighted by Crippen LogP contribution is -2.33. The van der Waals surface area contributed by atoms with Crippen LogP contribution in [0.2, 0.25) is 0 Å². The van der Waals surface area contributed by atoms with Gasteiger partial charge in [-0.15, -0.1) is 11.3 Å². The lowest BCUT2D eigenvalue weighted by molar-refractivity contribution is 0.0767. The molecule has 2 fully saturated rings. The van der Waals surface area contributed by atoms with Gasteiger partial charge in [-0.05, 0) is 11.8 Å². The maximum Gasteiger partial charge on any atom is 0.274 e. The number of likely N-dealkylation sites (tertiary alicyclic amines) is 2. The molecule has 0 bridgehead atoms. The summed E-state index contributed by atoms with van der Waals surface area (Å²) < 4.78 is 0. The standard InChI is InChI=1S/C15H17N5OS/c21-15(13-5-16-1-2-17-13)20-8-11-6-19(7-12(11)9-20)10-14-18-3-4-22-14/h1-5,11-12H,6-10H2/t11-,12+. The third kappa shape index (κ3) is 2.62. The molecule has 2 aromatic rings. The van der Waals surface area contributed by atoms with Gasteiger partial charge in [-0.2, -0.15) is 0 Å². The summed E-state index contributed by atoms with van der Waals surface area (Å²) in [6.07, 6.45) is 6.56. The molecule has 2 aliphatic rings. The lowest BCUT2D eigenvalue weighted by Gasteiger charge is -2.20. The Labute approximate surface area is 132 Å². The summed E-state index contributed by atoms with van der Waals surface area (Å²) in [6.45, 7) is 4.69. The monoisotopic (exact) mass is 315 g/mol. The van der Waals surface area contributed by atoms with Crippen LogP contribution in [0.15, 0.2) is 30.2 Å². The molecule has 0 spiro atoms. The lowest BCUT2D eigenvalue weighted by atomic mass is 10.0. The van der Waals surface area contributed by atoms with Gasteiger partial charge in [0.1, 0.15) is 10.7 Å². The molecular weight excluding hydrogens is 298 g/mol. The van der Waals surface area contributed by atoms with Crippen molar-refractivity contribution < 1.29 is 4.79 Å². The number of hydrogen-bond donors (Lipinski definition) is 0. The first-order valence-electron chi connectivity index (χ1n) is 7.45. The highest BCUT2D eigenvalue weighted by molar-refractivity contribution is 7.09. The van der Waals surface area contributed by atoms with Crippen LogP contribution >= 0.6 is 11.3 Å². The largest absolute Gasteiger partial charge is 0.337 e. The summed E-state index contributed by atoms with van der Waals surface area (Å²) >= 11 is 1.71. The van der Waals surface area contributed by atoms with Crippen LogP contribution in [0.3, 0.4) is 0 Å². The van der Waals surface area contributed by atoms with Crippen molar-refractivity contribution in [2.45, 2.75) is 6.54 Å². The van der Waals surface area contributed by atoms with E-state index < -0.39 is 0 Å². The maximum absolute atomic E-state index is 12.4. The van der Waals surface area contributed by atoms with Gasteiger partial charge in [0, 0.05) is 50.1 Å². The average Bonchev–Trinajstić information content (AvgIpc) is 3.24. The van der Waals surface area contributed by atoms with E-state index in [1.54, 1.807) is 29.9 Å². The number of aromatic nitrogens is 3. The summed E-state index contributed by atoms with van der Waals surface area (Å²) in [5.41, 5.74) is 0.446. The Bertz CT molecular complexity index is 633. The zero-order chi connectivity index (χ0) is 14.9. The third-order valence-electron chi connectivity index (χ3n) is 4.47. The number of amides is 1. The fourth-order valence-corrected chi connectivity index (χ4v) is 4.14. The van der Waals surface area contributed by atoms with Crippen LogP contribution in [0.5, 0.6) is 0 Å². The highest BCUT2D eigenvalue weighted by Crippen LogP contribution is 2.32. The summed E-state index contributed by atoms with van der Waals surface area (Å²) in [5.74, 6) is 1.15. The second-order valence-corrected chi connectivity index (χ2v) is 6.92. The molecule has 4 rings (SSSR count). The molecule has 0 saturated carbocycles. The van der Waals surface area contributed by atoms with E-state index in [1.807, 2.05) is 16.5 Å². The Morgan fingerprint density at radius 2 is 1.95 bits per heavy atom. The van der Waals surface area contributed by atoms with Gasteiger partial charge >= 0.3 is 0 Å². The molecule has 22 heavy (non-hydrogen) atoms. The summed E-state index contributed by atoms with van der Waals surface area (Å²) in [4.78, 5) is 29.2. The van der Waals surface area contributed by atoms with Crippen LogP contribution in [0.4, 0.5) is 0 Å². The Morgan fingerprint density at radius 1 is 1.14 bits per heavy atom. The van der Waals surface area contributed by atoms with Gasteiger partial charge in [-0.3, -0.25) is 14.7 Å². The second kappa shape index (κ2) is 5.73. The Balaban J connectivity index is 1.36. The first kappa shape index (κ1) is 13.8. The first-order chi connectivity index (χ1) is 10.8. The summed E-state index contributed by atoms with van der Waals surface area (Å²) in [7, 11) is 0. The van der Waals surface area contributed by atoms with Gasteiger partial charge < -0.3 is 4.90 Å². The van der Waals surface area contributed by atoms with E-state index >= 15 is 0 Å². The van der Waals surface area contributed by atoms with Crippen LogP contribution in [0.25, 0.3) is 0 Å². The van der Waals surface area contributed by atoms with Crippen LogP contribution in [-0.2, 0) is 6.54 Å². The molecule has 114 valence electrons. The molecule has 0 N–H and O–H groups in total. The predicted molar refractivity (Wildman–Crippen MR) is 82.3 cm³/mol. The van der Waals surface area contributed by atoms with Crippen molar-refractivity contribution in [2.24, 2.45) is 11.8 Å².